The standard InChI is InChI=1S/C13H23NO2/c1-3-8-13(2,12(15)16)14-11(9-4-5-9)10-6-7-10/h9-11,14H,3-8H2,1-2H3,(H,15,16). The van der Waals surface area contributed by atoms with Crippen LogP contribution in [0.2, 0.25) is 0 Å². The van der Waals surface area contributed by atoms with Crippen molar-refractivity contribution in [3.05, 3.63) is 0 Å². The van der Waals surface area contributed by atoms with Crippen molar-refractivity contribution in [3.63, 3.8) is 0 Å². The number of hydrogen-bond acceptors (Lipinski definition) is 2. The van der Waals surface area contributed by atoms with Crippen LogP contribution in [-0.2, 0) is 4.79 Å². The molecule has 0 heterocycles. The highest BCUT2D eigenvalue weighted by atomic mass is 16.4. The van der Waals surface area contributed by atoms with Crippen LogP contribution in [0.5, 0.6) is 0 Å². The lowest BCUT2D eigenvalue weighted by Crippen LogP contribution is -2.55. The van der Waals surface area contributed by atoms with Gasteiger partial charge in [-0.25, -0.2) is 0 Å². The third-order valence-electron chi connectivity index (χ3n) is 3.97. The predicted octanol–water partition coefficient (Wildman–Crippen LogP) is 2.41. The molecule has 0 aromatic heterocycles. The lowest BCUT2D eigenvalue weighted by atomic mass is 9.93. The molecule has 0 radical (unpaired) electrons. The molecule has 92 valence electrons. The van der Waals surface area contributed by atoms with Crippen molar-refractivity contribution in [2.75, 3.05) is 0 Å². The van der Waals surface area contributed by atoms with Crippen LogP contribution in [0.3, 0.4) is 0 Å². The van der Waals surface area contributed by atoms with Gasteiger partial charge in [0.15, 0.2) is 0 Å². The summed E-state index contributed by atoms with van der Waals surface area (Å²) in [5.74, 6) is 0.812. The van der Waals surface area contributed by atoms with E-state index in [4.69, 9.17) is 0 Å². The lowest BCUT2D eigenvalue weighted by Gasteiger charge is -2.31. The average Bonchev–Trinajstić information content (AvgIpc) is 3.06. The summed E-state index contributed by atoms with van der Waals surface area (Å²) in [6.45, 7) is 3.89. The van der Waals surface area contributed by atoms with E-state index < -0.39 is 11.5 Å². The van der Waals surface area contributed by atoms with E-state index in [9.17, 15) is 9.90 Å². The molecule has 2 N–H and O–H groups in total. The average molecular weight is 225 g/mol. The van der Waals surface area contributed by atoms with Crippen molar-refractivity contribution in [2.24, 2.45) is 11.8 Å². The van der Waals surface area contributed by atoms with Crippen LogP contribution in [0.1, 0.15) is 52.4 Å². The second-order valence-electron chi connectivity index (χ2n) is 5.73. The van der Waals surface area contributed by atoms with Crippen molar-refractivity contribution in [1.82, 2.24) is 5.32 Å². The molecule has 1 unspecified atom stereocenters. The third-order valence-corrected chi connectivity index (χ3v) is 3.97. The second-order valence-corrected chi connectivity index (χ2v) is 5.73. The molecule has 16 heavy (non-hydrogen) atoms. The largest absolute Gasteiger partial charge is 0.480 e. The zero-order valence-corrected chi connectivity index (χ0v) is 10.3. The first-order valence-electron chi connectivity index (χ1n) is 6.58. The van der Waals surface area contributed by atoms with Crippen LogP contribution in [0.4, 0.5) is 0 Å². The summed E-state index contributed by atoms with van der Waals surface area (Å²) in [6.07, 6.45) is 6.79. The molecule has 0 aromatic carbocycles. The van der Waals surface area contributed by atoms with Gasteiger partial charge in [0, 0.05) is 6.04 Å². The highest BCUT2D eigenvalue weighted by Crippen LogP contribution is 2.45. The highest BCUT2D eigenvalue weighted by Gasteiger charge is 2.46. The first-order chi connectivity index (χ1) is 7.57. The molecule has 3 heteroatoms. The van der Waals surface area contributed by atoms with Gasteiger partial charge in [0.2, 0.25) is 0 Å². The Hall–Kier alpha value is -0.570. The molecule has 1 atom stereocenters. The zero-order chi connectivity index (χ0) is 11.8. The predicted molar refractivity (Wildman–Crippen MR) is 63.3 cm³/mol. The molecule has 3 nitrogen and oxygen atoms in total. The van der Waals surface area contributed by atoms with E-state index in [0.29, 0.717) is 6.04 Å². The van der Waals surface area contributed by atoms with Crippen molar-refractivity contribution in [2.45, 2.75) is 64.0 Å². The molecular formula is C13H23NO2. The fourth-order valence-corrected chi connectivity index (χ4v) is 2.64. The minimum absolute atomic E-state index is 0.465. The number of carbonyl (C=O) groups is 1. The van der Waals surface area contributed by atoms with E-state index in [1.165, 1.54) is 25.7 Å². The van der Waals surface area contributed by atoms with Gasteiger partial charge >= 0.3 is 5.97 Å². The monoisotopic (exact) mass is 225 g/mol. The van der Waals surface area contributed by atoms with Crippen LogP contribution in [0.15, 0.2) is 0 Å². The first kappa shape index (κ1) is 11.9. The fraction of sp³-hybridized carbons (Fsp3) is 0.923. The normalized spacial score (nSPS) is 24.4. The Morgan fingerprint density at radius 2 is 1.88 bits per heavy atom. The second kappa shape index (κ2) is 4.36. The van der Waals surface area contributed by atoms with E-state index in [-0.39, 0.29) is 0 Å². The molecule has 0 aromatic rings. The summed E-state index contributed by atoms with van der Waals surface area (Å²) in [7, 11) is 0. The van der Waals surface area contributed by atoms with Crippen molar-refractivity contribution >= 4 is 5.97 Å². The Balaban J connectivity index is 1.99. The zero-order valence-electron chi connectivity index (χ0n) is 10.3. The Bertz CT molecular complexity index is 259. The van der Waals surface area contributed by atoms with Gasteiger partial charge in [-0.1, -0.05) is 13.3 Å². The van der Waals surface area contributed by atoms with E-state index in [1.54, 1.807) is 0 Å². The molecule has 0 spiro atoms. The minimum atomic E-state index is -0.718. The smallest absolute Gasteiger partial charge is 0.323 e. The molecule has 2 rings (SSSR count). The number of nitrogens with one attached hydrogen (secondary N) is 1. The van der Waals surface area contributed by atoms with Crippen LogP contribution in [0.25, 0.3) is 0 Å². The molecule has 2 aliphatic rings. The van der Waals surface area contributed by atoms with Gasteiger partial charge in [-0.3, -0.25) is 10.1 Å². The molecule has 0 amide bonds. The minimum Gasteiger partial charge on any atom is -0.480 e. The molecule has 0 saturated heterocycles. The lowest BCUT2D eigenvalue weighted by molar-refractivity contribution is -0.145. The molecular weight excluding hydrogens is 202 g/mol. The quantitative estimate of drug-likeness (QED) is 0.699. The Morgan fingerprint density at radius 3 is 2.19 bits per heavy atom. The van der Waals surface area contributed by atoms with E-state index in [2.05, 4.69) is 5.32 Å². The molecule has 2 aliphatic carbocycles. The SMILES string of the molecule is CCCC(C)(NC(C1CC1)C1CC1)C(=O)O. The van der Waals surface area contributed by atoms with Gasteiger partial charge in [0.05, 0.1) is 0 Å². The van der Waals surface area contributed by atoms with Crippen LogP contribution in [0, 0.1) is 11.8 Å². The van der Waals surface area contributed by atoms with E-state index in [0.717, 1.165) is 24.7 Å². The van der Waals surface area contributed by atoms with E-state index >= 15 is 0 Å². The van der Waals surface area contributed by atoms with Gasteiger partial charge in [-0.15, -0.1) is 0 Å². The number of hydrogen-bond donors (Lipinski definition) is 2. The maximum absolute atomic E-state index is 11.4. The maximum Gasteiger partial charge on any atom is 0.323 e. The molecule has 0 bridgehead atoms. The maximum atomic E-state index is 11.4. The first-order valence-corrected chi connectivity index (χ1v) is 6.58. The summed E-state index contributed by atoms with van der Waals surface area (Å²) in [6, 6.07) is 0.465. The Kier molecular flexibility index (Phi) is 3.24. The van der Waals surface area contributed by atoms with Crippen LogP contribution in [-0.4, -0.2) is 22.7 Å². The number of rotatable bonds is 7. The fourth-order valence-electron chi connectivity index (χ4n) is 2.64. The number of aliphatic carboxylic acids is 1. The van der Waals surface area contributed by atoms with Gasteiger partial charge < -0.3 is 5.11 Å². The summed E-state index contributed by atoms with van der Waals surface area (Å²) in [5.41, 5.74) is -0.718. The topological polar surface area (TPSA) is 49.3 Å². The van der Waals surface area contributed by atoms with Gasteiger partial charge in [-0.05, 0) is 50.9 Å². The Labute approximate surface area is 97.6 Å². The van der Waals surface area contributed by atoms with Crippen molar-refractivity contribution < 1.29 is 9.90 Å². The van der Waals surface area contributed by atoms with Crippen LogP contribution >= 0.6 is 0 Å². The Morgan fingerprint density at radius 1 is 1.38 bits per heavy atom. The summed E-state index contributed by atoms with van der Waals surface area (Å²) < 4.78 is 0. The van der Waals surface area contributed by atoms with Gasteiger partial charge in [0.25, 0.3) is 0 Å². The highest BCUT2D eigenvalue weighted by molar-refractivity contribution is 5.78. The van der Waals surface area contributed by atoms with Crippen molar-refractivity contribution in [3.8, 4) is 0 Å². The van der Waals surface area contributed by atoms with Gasteiger partial charge in [0.1, 0.15) is 5.54 Å². The number of carboxylic acids is 1. The van der Waals surface area contributed by atoms with Crippen LogP contribution < -0.4 is 5.32 Å². The van der Waals surface area contributed by atoms with Crippen molar-refractivity contribution in [1.29, 1.82) is 0 Å². The summed E-state index contributed by atoms with van der Waals surface area (Å²) in [4.78, 5) is 11.4. The van der Waals surface area contributed by atoms with E-state index in [1.807, 2.05) is 13.8 Å². The van der Waals surface area contributed by atoms with Gasteiger partial charge in [-0.2, -0.15) is 0 Å². The summed E-state index contributed by atoms with van der Waals surface area (Å²) in [5, 5.41) is 12.8. The number of carboxylic acid groups (broad SMARTS) is 1. The third kappa shape index (κ3) is 2.57. The molecule has 0 aliphatic heterocycles. The molecule has 2 fully saturated rings. The molecule has 2 saturated carbocycles. The summed E-state index contributed by atoms with van der Waals surface area (Å²) >= 11 is 0.